The summed E-state index contributed by atoms with van der Waals surface area (Å²) in [6.07, 6.45) is 0. The maximum absolute atomic E-state index is 12.9. The number of ether oxygens (including phenoxy) is 4. The SMILES string of the molecule is CCOc1ccc(S(=O)(=O)Nc2ccc(S(=O)(=O)Nc3cc(OC)ccc3OC)cc2)cc1OCC. The van der Waals surface area contributed by atoms with Crippen LogP contribution in [0.15, 0.2) is 70.5 Å². The second kappa shape index (κ2) is 11.4. The van der Waals surface area contributed by atoms with E-state index in [9.17, 15) is 16.8 Å². The van der Waals surface area contributed by atoms with Crippen molar-refractivity contribution < 1.29 is 35.8 Å². The molecule has 0 saturated carbocycles. The van der Waals surface area contributed by atoms with E-state index in [0.717, 1.165) is 0 Å². The Kier molecular flexibility index (Phi) is 8.53. The molecule has 0 fully saturated rings. The van der Waals surface area contributed by atoms with Gasteiger partial charge in [0.2, 0.25) is 0 Å². The van der Waals surface area contributed by atoms with Crippen LogP contribution < -0.4 is 28.4 Å². The van der Waals surface area contributed by atoms with Crippen molar-refractivity contribution in [1.82, 2.24) is 0 Å². The van der Waals surface area contributed by atoms with Crippen LogP contribution in [0.5, 0.6) is 23.0 Å². The Bertz CT molecular complexity index is 1410. The number of rotatable bonds is 12. The van der Waals surface area contributed by atoms with Crippen LogP contribution in [0.1, 0.15) is 13.8 Å². The van der Waals surface area contributed by atoms with Crippen molar-refractivity contribution in [3.05, 3.63) is 60.7 Å². The Morgan fingerprint density at radius 1 is 0.639 bits per heavy atom. The largest absolute Gasteiger partial charge is 0.497 e. The van der Waals surface area contributed by atoms with Gasteiger partial charge in [-0.15, -0.1) is 0 Å². The summed E-state index contributed by atoms with van der Waals surface area (Å²) in [5.41, 5.74) is 0.377. The van der Waals surface area contributed by atoms with E-state index < -0.39 is 20.0 Å². The van der Waals surface area contributed by atoms with Gasteiger partial charge in [0.05, 0.1) is 42.9 Å². The van der Waals surface area contributed by atoms with Crippen LogP contribution in [0.4, 0.5) is 11.4 Å². The van der Waals surface area contributed by atoms with Crippen LogP contribution in [0.3, 0.4) is 0 Å². The molecule has 0 aliphatic carbocycles. The van der Waals surface area contributed by atoms with Gasteiger partial charge in [-0.2, -0.15) is 0 Å². The van der Waals surface area contributed by atoms with Gasteiger partial charge < -0.3 is 18.9 Å². The standard InChI is InChI=1S/C24H28N2O8S2/c1-5-33-23-14-12-20(16-24(23)34-6-2)36(29,30)25-17-7-10-19(11-8-17)35(27,28)26-21-15-18(31-3)9-13-22(21)32-4/h7-16,25-26H,5-6H2,1-4H3. The molecular formula is C24H28N2O8S2. The zero-order valence-corrected chi connectivity index (χ0v) is 21.9. The summed E-state index contributed by atoms with van der Waals surface area (Å²) in [5, 5.41) is 0. The average molecular weight is 537 g/mol. The molecule has 3 aromatic rings. The molecule has 0 spiro atoms. The van der Waals surface area contributed by atoms with Crippen molar-refractivity contribution in [2.45, 2.75) is 23.6 Å². The Morgan fingerprint density at radius 2 is 1.22 bits per heavy atom. The van der Waals surface area contributed by atoms with E-state index in [1.165, 1.54) is 62.8 Å². The molecule has 0 aliphatic rings. The summed E-state index contributed by atoms with van der Waals surface area (Å²) in [7, 11) is -5.10. The third-order valence-corrected chi connectivity index (χ3v) is 7.65. The molecule has 0 aromatic heterocycles. The molecular weight excluding hydrogens is 508 g/mol. The minimum absolute atomic E-state index is 0.0297. The van der Waals surface area contributed by atoms with E-state index >= 15 is 0 Å². The smallest absolute Gasteiger partial charge is 0.262 e. The molecule has 0 aliphatic heterocycles. The van der Waals surface area contributed by atoms with Gasteiger partial charge >= 0.3 is 0 Å². The highest BCUT2D eigenvalue weighted by Crippen LogP contribution is 2.32. The number of benzene rings is 3. The summed E-state index contributed by atoms with van der Waals surface area (Å²) in [4.78, 5) is -0.104. The molecule has 0 heterocycles. The highest BCUT2D eigenvalue weighted by atomic mass is 32.2. The van der Waals surface area contributed by atoms with E-state index in [1.807, 2.05) is 6.92 Å². The number of methoxy groups -OCH3 is 2. The fraction of sp³-hybridized carbons (Fsp3) is 0.250. The first-order valence-corrected chi connectivity index (χ1v) is 13.9. The molecule has 0 radical (unpaired) electrons. The van der Waals surface area contributed by atoms with E-state index in [-0.39, 0.29) is 21.2 Å². The molecule has 10 nitrogen and oxygen atoms in total. The number of hydrogen-bond donors (Lipinski definition) is 2. The maximum Gasteiger partial charge on any atom is 0.262 e. The van der Waals surface area contributed by atoms with Crippen LogP contribution >= 0.6 is 0 Å². The highest BCUT2D eigenvalue weighted by molar-refractivity contribution is 7.93. The topological polar surface area (TPSA) is 129 Å². The summed E-state index contributed by atoms with van der Waals surface area (Å²) >= 11 is 0. The van der Waals surface area contributed by atoms with Gasteiger partial charge in [-0.1, -0.05) is 0 Å². The Balaban J connectivity index is 1.81. The van der Waals surface area contributed by atoms with Crippen LogP contribution in [0, 0.1) is 0 Å². The summed E-state index contributed by atoms with van der Waals surface area (Å²) in [6, 6.07) is 14.3. The van der Waals surface area contributed by atoms with Crippen LogP contribution in [0.25, 0.3) is 0 Å². The molecule has 12 heteroatoms. The monoisotopic (exact) mass is 536 g/mol. The van der Waals surface area contributed by atoms with Crippen LogP contribution in [-0.2, 0) is 20.0 Å². The molecule has 0 saturated heterocycles. The van der Waals surface area contributed by atoms with Gasteiger partial charge in [0.25, 0.3) is 20.0 Å². The first-order chi connectivity index (χ1) is 17.1. The zero-order chi connectivity index (χ0) is 26.3. The number of sulfonamides is 2. The summed E-state index contributed by atoms with van der Waals surface area (Å²) in [6.45, 7) is 4.33. The van der Waals surface area contributed by atoms with Crippen molar-refractivity contribution in [1.29, 1.82) is 0 Å². The minimum atomic E-state index is -4.00. The molecule has 194 valence electrons. The predicted molar refractivity (Wildman–Crippen MR) is 136 cm³/mol. The van der Waals surface area contributed by atoms with Crippen LogP contribution in [-0.4, -0.2) is 44.3 Å². The van der Waals surface area contributed by atoms with E-state index in [0.29, 0.717) is 36.2 Å². The Hall–Kier alpha value is -3.64. The van der Waals surface area contributed by atoms with Gasteiger partial charge in [0.15, 0.2) is 11.5 Å². The second-order valence-electron chi connectivity index (χ2n) is 7.28. The molecule has 2 N–H and O–H groups in total. The van der Waals surface area contributed by atoms with Gasteiger partial charge in [-0.05, 0) is 62.4 Å². The van der Waals surface area contributed by atoms with E-state index in [4.69, 9.17) is 18.9 Å². The first-order valence-electron chi connectivity index (χ1n) is 10.9. The first kappa shape index (κ1) is 27.0. The molecule has 0 amide bonds. The lowest BCUT2D eigenvalue weighted by Gasteiger charge is -2.14. The zero-order valence-electron chi connectivity index (χ0n) is 20.3. The fourth-order valence-electron chi connectivity index (χ4n) is 3.21. The van der Waals surface area contributed by atoms with Gasteiger partial charge in [0.1, 0.15) is 11.5 Å². The summed E-state index contributed by atoms with van der Waals surface area (Å²) in [5.74, 6) is 1.50. The number of anilines is 2. The lowest BCUT2D eigenvalue weighted by Crippen LogP contribution is -2.15. The van der Waals surface area contributed by atoms with E-state index in [1.54, 1.807) is 19.1 Å². The van der Waals surface area contributed by atoms with E-state index in [2.05, 4.69) is 9.44 Å². The number of nitrogens with one attached hydrogen (secondary N) is 2. The van der Waals surface area contributed by atoms with Gasteiger partial charge in [0, 0.05) is 17.8 Å². The molecule has 36 heavy (non-hydrogen) atoms. The van der Waals surface area contributed by atoms with Crippen molar-refractivity contribution in [2.24, 2.45) is 0 Å². The minimum Gasteiger partial charge on any atom is -0.497 e. The normalized spacial score (nSPS) is 11.4. The third-order valence-electron chi connectivity index (χ3n) is 4.89. The molecule has 3 aromatic carbocycles. The Labute approximate surface area is 211 Å². The number of hydrogen-bond acceptors (Lipinski definition) is 8. The predicted octanol–water partition coefficient (Wildman–Crippen LogP) is 4.10. The van der Waals surface area contributed by atoms with Gasteiger partial charge in [-0.3, -0.25) is 9.44 Å². The highest BCUT2D eigenvalue weighted by Gasteiger charge is 2.20. The van der Waals surface area contributed by atoms with Crippen molar-refractivity contribution >= 4 is 31.4 Å². The van der Waals surface area contributed by atoms with Crippen LogP contribution in [0.2, 0.25) is 0 Å². The van der Waals surface area contributed by atoms with Crippen molar-refractivity contribution in [3.8, 4) is 23.0 Å². The van der Waals surface area contributed by atoms with Crippen molar-refractivity contribution in [3.63, 3.8) is 0 Å². The lowest BCUT2D eigenvalue weighted by molar-refractivity contribution is 0.287. The third kappa shape index (κ3) is 6.32. The molecule has 3 rings (SSSR count). The Morgan fingerprint density at radius 3 is 1.83 bits per heavy atom. The average Bonchev–Trinajstić information content (AvgIpc) is 2.85. The van der Waals surface area contributed by atoms with Crippen molar-refractivity contribution in [2.75, 3.05) is 36.9 Å². The fourth-order valence-corrected chi connectivity index (χ4v) is 5.35. The summed E-state index contributed by atoms with van der Waals surface area (Å²) < 4.78 is 77.9. The van der Waals surface area contributed by atoms with Gasteiger partial charge in [-0.25, -0.2) is 16.8 Å². The molecule has 0 unspecified atom stereocenters. The second-order valence-corrected chi connectivity index (χ2v) is 10.6. The molecule has 0 bridgehead atoms. The quantitative estimate of drug-likeness (QED) is 0.354. The lowest BCUT2D eigenvalue weighted by atomic mass is 10.3. The maximum atomic E-state index is 12.9. The molecule has 0 atom stereocenters.